The smallest absolute Gasteiger partial charge is 0.330 e. The number of nitro groups is 2. The first-order chi connectivity index (χ1) is 12.9. The summed E-state index contributed by atoms with van der Waals surface area (Å²) in [6.07, 6.45) is 4.19. The third kappa shape index (κ3) is 5.33. The Labute approximate surface area is 154 Å². The third-order valence-electron chi connectivity index (χ3n) is 3.52. The molecule has 0 atom stereocenters. The fraction of sp³-hybridized carbons (Fsp3) is 0.105. The van der Waals surface area contributed by atoms with Crippen molar-refractivity contribution < 1.29 is 19.4 Å². The summed E-state index contributed by atoms with van der Waals surface area (Å²) in [5, 5.41) is 22.1. The van der Waals surface area contributed by atoms with Crippen LogP contribution in [0.2, 0.25) is 0 Å². The van der Waals surface area contributed by atoms with Crippen LogP contribution < -0.4 is 0 Å². The van der Waals surface area contributed by atoms with Gasteiger partial charge in [0.25, 0.3) is 11.4 Å². The van der Waals surface area contributed by atoms with Crippen molar-refractivity contribution in [3.8, 4) is 0 Å². The van der Waals surface area contributed by atoms with Gasteiger partial charge in [-0.25, -0.2) is 4.79 Å². The number of carbonyl (C=O) groups is 1. The first-order valence-electron chi connectivity index (χ1n) is 7.97. The van der Waals surface area contributed by atoms with Gasteiger partial charge in [-0.1, -0.05) is 36.4 Å². The maximum Gasteiger partial charge on any atom is 0.330 e. The summed E-state index contributed by atoms with van der Waals surface area (Å²) in [4.78, 5) is 32.5. The highest BCUT2D eigenvalue weighted by molar-refractivity contribution is 5.85. The molecule has 0 saturated carbocycles. The van der Waals surface area contributed by atoms with E-state index in [0.29, 0.717) is 16.7 Å². The predicted molar refractivity (Wildman–Crippen MR) is 99.0 cm³/mol. The molecule has 0 aliphatic rings. The third-order valence-corrected chi connectivity index (χ3v) is 3.52. The van der Waals surface area contributed by atoms with Gasteiger partial charge in [0.15, 0.2) is 0 Å². The lowest BCUT2D eigenvalue weighted by Gasteiger charge is -2.08. The van der Waals surface area contributed by atoms with Crippen LogP contribution in [0.4, 0.5) is 11.4 Å². The van der Waals surface area contributed by atoms with Crippen LogP contribution in [0.3, 0.4) is 0 Å². The second-order valence-corrected chi connectivity index (χ2v) is 5.31. The standard InChI is InChI=1S/C19H16N2O6/c1-2-27-19(22)11-5-10-18(14-6-3-8-16(12-14)20(23)24)15-7-4-9-17(13-15)21(25)26/h3-13H,2H2,1H3. The number of benzene rings is 2. The van der Waals surface area contributed by atoms with E-state index in [4.69, 9.17) is 4.74 Å². The molecule has 2 aromatic carbocycles. The lowest BCUT2D eigenvalue weighted by atomic mass is 9.96. The topological polar surface area (TPSA) is 113 Å². The number of allylic oxidation sites excluding steroid dienone is 2. The van der Waals surface area contributed by atoms with Gasteiger partial charge in [-0.2, -0.15) is 0 Å². The summed E-state index contributed by atoms with van der Waals surface area (Å²) in [5.41, 5.74) is 1.23. The monoisotopic (exact) mass is 368 g/mol. The molecule has 2 rings (SSSR count). The highest BCUT2D eigenvalue weighted by Gasteiger charge is 2.13. The van der Waals surface area contributed by atoms with E-state index in [1.54, 1.807) is 25.1 Å². The van der Waals surface area contributed by atoms with Crippen molar-refractivity contribution in [3.05, 3.63) is 98.1 Å². The Hall–Kier alpha value is -3.81. The van der Waals surface area contributed by atoms with Gasteiger partial charge in [0.1, 0.15) is 0 Å². The molecular weight excluding hydrogens is 352 g/mol. The number of non-ortho nitro benzene ring substituents is 2. The molecule has 0 N–H and O–H groups in total. The molecule has 0 bridgehead atoms. The van der Waals surface area contributed by atoms with Crippen LogP contribution in [0, 0.1) is 20.2 Å². The van der Waals surface area contributed by atoms with Crippen LogP contribution in [0.25, 0.3) is 5.57 Å². The molecule has 0 fully saturated rings. The van der Waals surface area contributed by atoms with E-state index in [0.717, 1.165) is 0 Å². The zero-order valence-electron chi connectivity index (χ0n) is 14.4. The van der Waals surface area contributed by atoms with Crippen molar-refractivity contribution >= 4 is 22.9 Å². The van der Waals surface area contributed by atoms with Gasteiger partial charge in [-0.3, -0.25) is 20.2 Å². The summed E-state index contributed by atoms with van der Waals surface area (Å²) >= 11 is 0. The van der Waals surface area contributed by atoms with Crippen molar-refractivity contribution in [2.24, 2.45) is 0 Å². The Morgan fingerprint density at radius 1 is 1.00 bits per heavy atom. The second kappa shape index (κ2) is 9.04. The number of nitrogens with zero attached hydrogens (tertiary/aromatic N) is 2. The highest BCUT2D eigenvalue weighted by atomic mass is 16.6. The molecule has 138 valence electrons. The van der Waals surface area contributed by atoms with Gasteiger partial charge in [0, 0.05) is 30.3 Å². The summed E-state index contributed by atoms with van der Waals surface area (Å²) < 4.78 is 4.80. The molecule has 0 aliphatic heterocycles. The Bertz CT molecular complexity index is 874. The molecular formula is C19H16N2O6. The summed E-state index contributed by atoms with van der Waals surface area (Å²) in [6.45, 7) is 1.91. The van der Waals surface area contributed by atoms with Crippen LogP contribution in [0.15, 0.2) is 66.8 Å². The van der Waals surface area contributed by atoms with Gasteiger partial charge in [0.05, 0.1) is 16.5 Å². The Kier molecular flexibility index (Phi) is 6.54. The second-order valence-electron chi connectivity index (χ2n) is 5.31. The number of hydrogen-bond acceptors (Lipinski definition) is 6. The van der Waals surface area contributed by atoms with Crippen LogP contribution in [-0.4, -0.2) is 22.4 Å². The fourth-order valence-corrected chi connectivity index (χ4v) is 2.35. The average Bonchev–Trinajstić information content (AvgIpc) is 2.65. The Morgan fingerprint density at radius 3 is 1.96 bits per heavy atom. The predicted octanol–water partition coefficient (Wildman–Crippen LogP) is 4.05. The van der Waals surface area contributed by atoms with Crippen molar-refractivity contribution in [3.63, 3.8) is 0 Å². The van der Waals surface area contributed by atoms with E-state index in [1.165, 1.54) is 48.6 Å². The van der Waals surface area contributed by atoms with Crippen LogP contribution in [0.5, 0.6) is 0 Å². The molecule has 27 heavy (non-hydrogen) atoms. The Balaban J connectivity index is 2.53. The van der Waals surface area contributed by atoms with Gasteiger partial charge >= 0.3 is 5.97 Å². The minimum Gasteiger partial charge on any atom is -0.463 e. The first kappa shape index (κ1) is 19.5. The zero-order chi connectivity index (χ0) is 19.8. The quantitative estimate of drug-likeness (QED) is 0.239. The molecule has 0 amide bonds. The maximum atomic E-state index is 11.5. The molecule has 0 spiro atoms. The molecule has 0 saturated heterocycles. The van der Waals surface area contributed by atoms with Crippen LogP contribution in [-0.2, 0) is 9.53 Å². The van der Waals surface area contributed by atoms with Crippen LogP contribution in [0.1, 0.15) is 18.1 Å². The fourth-order valence-electron chi connectivity index (χ4n) is 2.35. The molecule has 0 heterocycles. The number of carbonyl (C=O) groups excluding carboxylic acids is 1. The lowest BCUT2D eigenvalue weighted by Crippen LogP contribution is -1.98. The van der Waals surface area contributed by atoms with Crippen molar-refractivity contribution in [2.45, 2.75) is 6.92 Å². The summed E-state index contributed by atoms with van der Waals surface area (Å²) in [5.74, 6) is -0.536. The number of ether oxygens (including phenoxy) is 1. The largest absolute Gasteiger partial charge is 0.463 e. The van der Waals surface area contributed by atoms with E-state index in [9.17, 15) is 25.0 Å². The molecule has 0 unspecified atom stereocenters. The van der Waals surface area contributed by atoms with Gasteiger partial charge < -0.3 is 4.74 Å². The van der Waals surface area contributed by atoms with Gasteiger partial charge in [-0.05, 0) is 23.6 Å². The molecule has 8 nitrogen and oxygen atoms in total. The lowest BCUT2D eigenvalue weighted by molar-refractivity contribution is -0.385. The minimum atomic E-state index is -0.536. The maximum absolute atomic E-state index is 11.5. The molecule has 0 radical (unpaired) electrons. The van der Waals surface area contributed by atoms with E-state index in [-0.39, 0.29) is 18.0 Å². The Morgan fingerprint density at radius 2 is 1.52 bits per heavy atom. The molecule has 0 aliphatic carbocycles. The number of esters is 1. The van der Waals surface area contributed by atoms with E-state index >= 15 is 0 Å². The SMILES string of the molecule is CCOC(=O)C=CC=C(c1cccc([N+](=O)[O-])c1)c1cccc([N+](=O)[O-])c1. The minimum absolute atomic E-state index is 0.113. The van der Waals surface area contributed by atoms with E-state index < -0.39 is 15.8 Å². The number of rotatable bonds is 7. The van der Waals surface area contributed by atoms with Crippen molar-refractivity contribution in [2.75, 3.05) is 6.61 Å². The summed E-state index contributed by atoms with van der Waals surface area (Å²) in [7, 11) is 0. The number of nitro benzene ring substituents is 2. The number of hydrogen-bond donors (Lipinski definition) is 0. The molecule has 8 heteroatoms. The zero-order valence-corrected chi connectivity index (χ0v) is 14.4. The molecule has 2 aromatic rings. The highest BCUT2D eigenvalue weighted by Crippen LogP contribution is 2.28. The van der Waals surface area contributed by atoms with Crippen LogP contribution >= 0.6 is 0 Å². The van der Waals surface area contributed by atoms with Gasteiger partial charge in [-0.15, -0.1) is 0 Å². The van der Waals surface area contributed by atoms with E-state index in [2.05, 4.69) is 0 Å². The van der Waals surface area contributed by atoms with E-state index in [1.807, 2.05) is 0 Å². The van der Waals surface area contributed by atoms with Gasteiger partial charge in [0.2, 0.25) is 0 Å². The van der Waals surface area contributed by atoms with Crippen molar-refractivity contribution in [1.82, 2.24) is 0 Å². The average molecular weight is 368 g/mol. The molecule has 0 aromatic heterocycles. The first-order valence-corrected chi connectivity index (χ1v) is 7.97. The normalized spacial score (nSPS) is 10.4. The summed E-state index contributed by atoms with van der Waals surface area (Å²) in [6, 6.07) is 11.8. The van der Waals surface area contributed by atoms with Crippen molar-refractivity contribution in [1.29, 1.82) is 0 Å².